The molecule has 1 aliphatic heterocycles. The van der Waals surface area contributed by atoms with Gasteiger partial charge < -0.3 is 15.7 Å². The number of phenols is 1. The Morgan fingerprint density at radius 1 is 1.12 bits per heavy atom. The minimum Gasteiger partial charge on any atom is -0.507 e. The number of benzene rings is 1. The highest BCUT2D eigenvalue weighted by Crippen LogP contribution is 2.23. The van der Waals surface area contributed by atoms with Crippen LogP contribution in [0.15, 0.2) is 18.2 Å². The van der Waals surface area contributed by atoms with Crippen LogP contribution < -0.4 is 11.1 Å². The van der Waals surface area contributed by atoms with Gasteiger partial charge in [-0.1, -0.05) is 70.9 Å². The molecule has 184 valence electrons. The summed E-state index contributed by atoms with van der Waals surface area (Å²) in [5.74, 6) is -1.92. The molecule has 1 aromatic rings. The number of amides is 4. The van der Waals surface area contributed by atoms with Gasteiger partial charge in [-0.15, -0.1) is 0 Å². The number of nitrogens with two attached hydrogens (primary N) is 1. The standard InChI is InChI=1S/C14H14N2O5.C9H20.CH3NO/c1-16(9-5-6-11(19)15-13(9)20)14(21)12-8(7-17)3-2-4-10(12)18;1-3-5-7-9-8-6-4-2;2-1-3/h2-4,7,9,18H,5-6H2,1H3,(H,15,19,20);3-9H2,1-2H3;1H,(H2,2,3). The van der Waals surface area contributed by atoms with Gasteiger partial charge in [0.25, 0.3) is 5.91 Å². The second-order valence-electron chi connectivity index (χ2n) is 7.65. The van der Waals surface area contributed by atoms with E-state index in [1.54, 1.807) is 0 Å². The van der Waals surface area contributed by atoms with Crippen LogP contribution in [0, 0.1) is 0 Å². The van der Waals surface area contributed by atoms with Gasteiger partial charge in [0.05, 0.1) is 5.56 Å². The minimum atomic E-state index is -0.811. The minimum absolute atomic E-state index is 0.0409. The molecular formula is C24H37N3O6. The molecule has 1 heterocycles. The average molecular weight is 464 g/mol. The lowest BCUT2D eigenvalue weighted by molar-refractivity contribution is -0.136. The summed E-state index contributed by atoms with van der Waals surface area (Å²) in [4.78, 5) is 56.0. The van der Waals surface area contributed by atoms with Crippen molar-refractivity contribution in [1.29, 1.82) is 0 Å². The zero-order valence-electron chi connectivity index (χ0n) is 19.8. The van der Waals surface area contributed by atoms with E-state index >= 15 is 0 Å². The van der Waals surface area contributed by atoms with Crippen LogP contribution in [-0.2, 0) is 14.4 Å². The first-order valence-corrected chi connectivity index (χ1v) is 11.3. The third-order valence-corrected chi connectivity index (χ3v) is 5.12. The SMILES string of the molecule is CCCCCCCCC.CN(C(=O)c1c(O)cccc1C=O)C1CCC(=O)NC1=O.NC=O. The number of piperidine rings is 1. The monoisotopic (exact) mass is 463 g/mol. The first-order chi connectivity index (χ1) is 15.8. The van der Waals surface area contributed by atoms with Gasteiger partial charge in [-0.25, -0.2) is 0 Å². The first kappa shape index (κ1) is 29.8. The molecule has 1 saturated heterocycles. The Kier molecular flexibility index (Phi) is 15.6. The Morgan fingerprint density at radius 3 is 2.15 bits per heavy atom. The number of primary amides is 1. The largest absolute Gasteiger partial charge is 0.507 e. The Balaban J connectivity index is 0.000000715. The first-order valence-electron chi connectivity index (χ1n) is 11.3. The number of hydrogen-bond donors (Lipinski definition) is 3. The van der Waals surface area contributed by atoms with Crippen molar-refractivity contribution < 1.29 is 29.1 Å². The molecule has 0 aliphatic carbocycles. The van der Waals surface area contributed by atoms with E-state index in [0.717, 1.165) is 4.90 Å². The normalized spacial score (nSPS) is 14.6. The third-order valence-electron chi connectivity index (χ3n) is 5.12. The summed E-state index contributed by atoms with van der Waals surface area (Å²) in [5.41, 5.74) is 4.05. The lowest BCUT2D eigenvalue weighted by Gasteiger charge is -2.30. The van der Waals surface area contributed by atoms with Crippen molar-refractivity contribution in [2.45, 2.75) is 77.7 Å². The van der Waals surface area contributed by atoms with Crippen molar-refractivity contribution in [1.82, 2.24) is 10.2 Å². The van der Waals surface area contributed by atoms with E-state index < -0.39 is 17.9 Å². The van der Waals surface area contributed by atoms with Gasteiger partial charge in [-0.3, -0.25) is 29.3 Å². The van der Waals surface area contributed by atoms with Crippen molar-refractivity contribution in [3.05, 3.63) is 29.3 Å². The van der Waals surface area contributed by atoms with Crippen molar-refractivity contribution in [2.24, 2.45) is 5.73 Å². The fourth-order valence-corrected chi connectivity index (χ4v) is 3.29. The molecule has 1 unspecified atom stereocenters. The molecule has 33 heavy (non-hydrogen) atoms. The number of rotatable bonds is 9. The van der Waals surface area contributed by atoms with Crippen LogP contribution in [0.25, 0.3) is 0 Å². The Morgan fingerprint density at radius 2 is 1.67 bits per heavy atom. The van der Waals surface area contributed by atoms with E-state index in [0.29, 0.717) is 6.29 Å². The van der Waals surface area contributed by atoms with Crippen LogP contribution in [0.4, 0.5) is 0 Å². The molecule has 0 saturated carbocycles. The summed E-state index contributed by atoms with van der Waals surface area (Å²) >= 11 is 0. The number of unbranched alkanes of at least 4 members (excludes halogenated alkanes) is 6. The molecule has 2 rings (SSSR count). The molecule has 1 aliphatic rings. The van der Waals surface area contributed by atoms with E-state index in [9.17, 15) is 24.3 Å². The molecule has 9 nitrogen and oxygen atoms in total. The summed E-state index contributed by atoms with van der Waals surface area (Å²) in [5, 5.41) is 11.9. The predicted octanol–water partition coefficient (Wildman–Crippen LogP) is 2.94. The van der Waals surface area contributed by atoms with Gasteiger partial charge in [-0.2, -0.15) is 0 Å². The summed E-state index contributed by atoms with van der Waals surface area (Å²) in [6.45, 7) is 4.53. The van der Waals surface area contributed by atoms with Gasteiger partial charge in [-0.05, 0) is 12.5 Å². The average Bonchev–Trinajstić information content (AvgIpc) is 2.79. The Bertz CT molecular complexity index is 775. The number of aromatic hydroxyl groups is 1. The number of phenolic OH excluding ortho intramolecular Hbond substituents is 1. The molecule has 0 spiro atoms. The van der Waals surface area contributed by atoms with E-state index in [4.69, 9.17) is 4.79 Å². The molecule has 1 atom stereocenters. The number of nitrogens with one attached hydrogen (secondary N) is 1. The maximum absolute atomic E-state index is 12.4. The molecular weight excluding hydrogens is 426 g/mol. The number of imide groups is 1. The lowest BCUT2D eigenvalue weighted by Crippen LogP contribution is -2.53. The summed E-state index contributed by atoms with van der Waals surface area (Å²) in [7, 11) is 1.39. The maximum atomic E-state index is 12.4. The highest BCUT2D eigenvalue weighted by atomic mass is 16.3. The van der Waals surface area contributed by atoms with Crippen molar-refractivity contribution in [3.8, 4) is 5.75 Å². The molecule has 1 aromatic carbocycles. The quantitative estimate of drug-likeness (QED) is 0.291. The zero-order chi connectivity index (χ0) is 25.2. The number of carbonyl (C=O) groups is 5. The smallest absolute Gasteiger partial charge is 0.258 e. The van der Waals surface area contributed by atoms with Crippen LogP contribution >= 0.6 is 0 Å². The highest BCUT2D eigenvalue weighted by Gasteiger charge is 2.34. The van der Waals surface area contributed by atoms with Crippen LogP contribution in [0.2, 0.25) is 0 Å². The van der Waals surface area contributed by atoms with Crippen LogP contribution in [0.5, 0.6) is 5.75 Å². The van der Waals surface area contributed by atoms with Crippen LogP contribution in [0.1, 0.15) is 92.4 Å². The van der Waals surface area contributed by atoms with Gasteiger partial charge in [0.1, 0.15) is 11.8 Å². The second kappa shape index (κ2) is 17.3. The van der Waals surface area contributed by atoms with Crippen LogP contribution in [-0.4, -0.2) is 53.5 Å². The third kappa shape index (κ3) is 10.8. The lowest BCUT2D eigenvalue weighted by atomic mass is 10.0. The van der Waals surface area contributed by atoms with E-state index in [-0.39, 0.29) is 42.0 Å². The van der Waals surface area contributed by atoms with Crippen molar-refractivity contribution in [3.63, 3.8) is 0 Å². The topological polar surface area (TPSA) is 147 Å². The van der Waals surface area contributed by atoms with Gasteiger partial charge in [0.15, 0.2) is 6.29 Å². The number of nitrogens with zero attached hydrogens (tertiary/aromatic N) is 1. The van der Waals surface area contributed by atoms with Gasteiger partial charge in [0, 0.05) is 19.0 Å². The number of hydrogen-bond acceptors (Lipinski definition) is 6. The van der Waals surface area contributed by atoms with E-state index in [1.165, 1.54) is 70.2 Å². The van der Waals surface area contributed by atoms with Gasteiger partial charge >= 0.3 is 0 Å². The summed E-state index contributed by atoms with van der Waals surface area (Å²) < 4.78 is 0. The highest BCUT2D eigenvalue weighted by molar-refractivity contribution is 6.07. The molecule has 0 aromatic heterocycles. The fraction of sp³-hybridized carbons (Fsp3) is 0.542. The van der Waals surface area contributed by atoms with Crippen molar-refractivity contribution >= 4 is 30.4 Å². The van der Waals surface area contributed by atoms with E-state index in [2.05, 4.69) is 24.9 Å². The van der Waals surface area contributed by atoms with E-state index in [1.807, 2.05) is 0 Å². The van der Waals surface area contributed by atoms with Crippen molar-refractivity contribution in [2.75, 3.05) is 7.05 Å². The molecule has 0 radical (unpaired) electrons. The fourth-order valence-electron chi connectivity index (χ4n) is 3.29. The van der Waals surface area contributed by atoms with Crippen LogP contribution in [0.3, 0.4) is 0 Å². The summed E-state index contributed by atoms with van der Waals surface area (Å²) in [6, 6.07) is 3.33. The molecule has 4 N–H and O–H groups in total. The second-order valence-corrected chi connectivity index (χ2v) is 7.65. The number of carbonyl (C=O) groups excluding carboxylic acids is 5. The number of aldehydes is 1. The summed E-state index contributed by atoms with van der Waals surface area (Å²) in [6.07, 6.45) is 11.0. The molecule has 4 amide bonds. The molecule has 1 fully saturated rings. The van der Waals surface area contributed by atoms with Gasteiger partial charge in [0.2, 0.25) is 18.2 Å². The predicted molar refractivity (Wildman–Crippen MR) is 126 cm³/mol. The zero-order valence-corrected chi connectivity index (χ0v) is 19.8. The Labute approximate surface area is 195 Å². The number of likely N-dealkylation sites (N-methyl/N-ethyl adjacent to an activating group) is 1. The maximum Gasteiger partial charge on any atom is 0.258 e. The Hall–Kier alpha value is -3.23. The molecule has 9 heteroatoms. The molecule has 0 bridgehead atoms.